The Bertz CT molecular complexity index is 711. The van der Waals surface area contributed by atoms with Gasteiger partial charge in [-0.2, -0.15) is 0 Å². The molecular weight excluding hydrogens is 296 g/mol. The van der Waals surface area contributed by atoms with Crippen LogP contribution in [0.3, 0.4) is 0 Å². The van der Waals surface area contributed by atoms with Crippen molar-refractivity contribution in [1.29, 1.82) is 0 Å². The molecule has 7 heteroatoms. The lowest BCUT2D eigenvalue weighted by atomic mass is 10.2. The number of benzene rings is 1. The molecule has 2 aromatic rings. The predicted molar refractivity (Wildman–Crippen MR) is 76.5 cm³/mol. The monoisotopic (exact) mass is 308 g/mol. The molecule has 104 valence electrons. The minimum atomic E-state index is -3.55. The Kier molecular flexibility index (Phi) is 4.87. The third-order valence-corrected chi connectivity index (χ3v) is 4.57. The van der Waals surface area contributed by atoms with E-state index in [1.54, 1.807) is 23.7 Å². The smallest absolute Gasteiger partial charge is 0.240 e. The third-order valence-electron chi connectivity index (χ3n) is 2.37. The van der Waals surface area contributed by atoms with Crippen molar-refractivity contribution in [3.05, 3.63) is 46.4 Å². The lowest BCUT2D eigenvalue weighted by molar-refractivity contribution is 0.350. The number of aromatic nitrogens is 1. The second-order valence-electron chi connectivity index (χ2n) is 3.73. The Balaban J connectivity index is 2.09. The van der Waals surface area contributed by atoms with E-state index in [0.717, 1.165) is 0 Å². The van der Waals surface area contributed by atoms with Crippen molar-refractivity contribution in [1.82, 2.24) is 9.71 Å². The second-order valence-corrected chi connectivity index (χ2v) is 6.48. The van der Waals surface area contributed by atoms with Crippen LogP contribution in [0.15, 0.2) is 40.7 Å². The first-order chi connectivity index (χ1) is 9.62. The molecule has 0 aliphatic rings. The Labute approximate surface area is 121 Å². The molecule has 0 fully saturated rings. The number of aliphatic hydroxyl groups excluding tert-OH is 1. The number of hydrogen-bond acceptors (Lipinski definition) is 5. The second kappa shape index (κ2) is 6.63. The number of sulfonamides is 1. The van der Waals surface area contributed by atoms with Gasteiger partial charge in [-0.3, -0.25) is 0 Å². The van der Waals surface area contributed by atoms with Crippen LogP contribution in [0.2, 0.25) is 0 Å². The van der Waals surface area contributed by atoms with E-state index in [4.69, 9.17) is 5.11 Å². The first kappa shape index (κ1) is 14.7. The zero-order valence-corrected chi connectivity index (χ0v) is 12.0. The Morgan fingerprint density at radius 3 is 2.65 bits per heavy atom. The summed E-state index contributed by atoms with van der Waals surface area (Å²) in [7, 11) is -3.55. The molecule has 0 saturated heterocycles. The molecule has 5 nitrogen and oxygen atoms in total. The Hall–Kier alpha value is -1.72. The summed E-state index contributed by atoms with van der Waals surface area (Å²) < 4.78 is 26.6. The summed E-state index contributed by atoms with van der Waals surface area (Å²) in [5, 5.41) is 11.1. The van der Waals surface area contributed by atoms with Crippen molar-refractivity contribution in [3.8, 4) is 11.8 Å². The number of hydrogen-bond donors (Lipinski definition) is 2. The van der Waals surface area contributed by atoms with E-state index in [9.17, 15) is 8.42 Å². The van der Waals surface area contributed by atoms with Crippen LogP contribution in [0.4, 0.5) is 0 Å². The average Bonchev–Trinajstić information content (AvgIpc) is 2.97. The average molecular weight is 308 g/mol. The molecule has 0 spiro atoms. The molecule has 0 atom stereocenters. The van der Waals surface area contributed by atoms with Gasteiger partial charge in [0.25, 0.3) is 0 Å². The SMILES string of the molecule is O=S(=O)(NCc1nccs1)c1ccc(C#CCO)cc1. The van der Waals surface area contributed by atoms with Gasteiger partial charge in [-0.1, -0.05) is 11.8 Å². The highest BCUT2D eigenvalue weighted by molar-refractivity contribution is 7.89. The maximum atomic E-state index is 12.0. The topological polar surface area (TPSA) is 79.3 Å². The van der Waals surface area contributed by atoms with E-state index < -0.39 is 10.0 Å². The first-order valence-corrected chi connectivity index (χ1v) is 8.06. The minimum absolute atomic E-state index is 0.170. The molecule has 0 aliphatic carbocycles. The van der Waals surface area contributed by atoms with Crippen LogP contribution in [0.1, 0.15) is 10.6 Å². The van der Waals surface area contributed by atoms with Gasteiger partial charge < -0.3 is 5.11 Å². The van der Waals surface area contributed by atoms with E-state index in [1.165, 1.54) is 23.5 Å². The van der Waals surface area contributed by atoms with Crippen LogP contribution < -0.4 is 4.72 Å². The quantitative estimate of drug-likeness (QED) is 0.825. The van der Waals surface area contributed by atoms with Gasteiger partial charge in [0.15, 0.2) is 0 Å². The van der Waals surface area contributed by atoms with Crippen molar-refractivity contribution in [2.75, 3.05) is 6.61 Å². The number of rotatable bonds is 4. The Morgan fingerprint density at radius 2 is 2.05 bits per heavy atom. The van der Waals surface area contributed by atoms with E-state index in [2.05, 4.69) is 21.5 Å². The standard InChI is InChI=1S/C13H12N2O3S2/c16-8-1-2-11-3-5-12(6-4-11)20(17,18)15-10-13-14-7-9-19-13/h3-7,9,15-16H,8,10H2. The first-order valence-electron chi connectivity index (χ1n) is 5.69. The molecule has 0 amide bonds. The molecular formula is C13H12N2O3S2. The van der Waals surface area contributed by atoms with Crippen LogP contribution in [-0.2, 0) is 16.6 Å². The molecule has 1 heterocycles. The summed E-state index contributed by atoms with van der Waals surface area (Å²) in [5.41, 5.74) is 0.651. The van der Waals surface area contributed by atoms with Crippen molar-refractivity contribution in [3.63, 3.8) is 0 Å². The van der Waals surface area contributed by atoms with Crippen LogP contribution in [0.25, 0.3) is 0 Å². The number of aliphatic hydroxyl groups is 1. The summed E-state index contributed by atoms with van der Waals surface area (Å²) >= 11 is 1.39. The van der Waals surface area contributed by atoms with E-state index in [-0.39, 0.29) is 18.0 Å². The number of thiazole rings is 1. The Morgan fingerprint density at radius 1 is 1.30 bits per heavy atom. The predicted octanol–water partition coefficient (Wildman–Crippen LogP) is 0.965. The van der Waals surface area contributed by atoms with Gasteiger partial charge >= 0.3 is 0 Å². The lowest BCUT2D eigenvalue weighted by Gasteiger charge is -2.05. The fraction of sp³-hybridized carbons (Fsp3) is 0.154. The van der Waals surface area contributed by atoms with E-state index in [0.29, 0.717) is 10.6 Å². The molecule has 0 radical (unpaired) electrons. The van der Waals surface area contributed by atoms with E-state index >= 15 is 0 Å². The molecule has 2 rings (SSSR count). The summed E-state index contributed by atoms with van der Waals surface area (Å²) in [4.78, 5) is 4.18. The number of nitrogens with one attached hydrogen (secondary N) is 1. The van der Waals surface area contributed by atoms with Crippen molar-refractivity contribution in [2.45, 2.75) is 11.4 Å². The molecule has 0 unspecified atom stereocenters. The zero-order chi connectivity index (χ0) is 14.4. The van der Waals surface area contributed by atoms with Crippen molar-refractivity contribution < 1.29 is 13.5 Å². The molecule has 1 aromatic heterocycles. The highest BCUT2D eigenvalue weighted by Gasteiger charge is 2.13. The van der Waals surface area contributed by atoms with Gasteiger partial charge in [-0.05, 0) is 24.3 Å². The largest absolute Gasteiger partial charge is 0.384 e. The highest BCUT2D eigenvalue weighted by atomic mass is 32.2. The van der Waals surface area contributed by atoms with Crippen molar-refractivity contribution in [2.24, 2.45) is 0 Å². The van der Waals surface area contributed by atoms with Crippen LogP contribution >= 0.6 is 11.3 Å². The molecule has 0 aliphatic heterocycles. The maximum Gasteiger partial charge on any atom is 0.240 e. The lowest BCUT2D eigenvalue weighted by Crippen LogP contribution is -2.23. The van der Waals surface area contributed by atoms with Crippen LogP contribution in [0, 0.1) is 11.8 Å². The van der Waals surface area contributed by atoms with Crippen LogP contribution in [0.5, 0.6) is 0 Å². The van der Waals surface area contributed by atoms with Gasteiger partial charge in [-0.15, -0.1) is 11.3 Å². The molecule has 0 saturated carbocycles. The summed E-state index contributed by atoms with van der Waals surface area (Å²) in [5.74, 6) is 5.20. The summed E-state index contributed by atoms with van der Waals surface area (Å²) in [6, 6.07) is 6.15. The van der Waals surface area contributed by atoms with Crippen molar-refractivity contribution >= 4 is 21.4 Å². The van der Waals surface area contributed by atoms with Crippen LogP contribution in [-0.4, -0.2) is 25.1 Å². The molecule has 20 heavy (non-hydrogen) atoms. The summed E-state index contributed by atoms with van der Waals surface area (Å²) in [6.07, 6.45) is 1.63. The zero-order valence-electron chi connectivity index (χ0n) is 10.4. The van der Waals surface area contributed by atoms with Gasteiger partial charge in [0, 0.05) is 17.1 Å². The van der Waals surface area contributed by atoms with Gasteiger partial charge in [0.05, 0.1) is 11.4 Å². The highest BCUT2D eigenvalue weighted by Crippen LogP contribution is 2.11. The summed E-state index contributed by atoms with van der Waals surface area (Å²) in [6.45, 7) is -0.0541. The fourth-order valence-corrected chi connectivity index (χ4v) is 3.07. The molecule has 0 bridgehead atoms. The normalized spacial score (nSPS) is 10.8. The van der Waals surface area contributed by atoms with E-state index in [1.807, 2.05) is 0 Å². The third kappa shape index (κ3) is 3.88. The molecule has 1 aromatic carbocycles. The van der Waals surface area contributed by atoms with Gasteiger partial charge in [0.1, 0.15) is 11.6 Å². The van der Waals surface area contributed by atoms with Gasteiger partial charge in [-0.25, -0.2) is 18.1 Å². The van der Waals surface area contributed by atoms with Gasteiger partial charge in [0.2, 0.25) is 10.0 Å². The number of nitrogens with zero attached hydrogens (tertiary/aromatic N) is 1. The molecule has 2 N–H and O–H groups in total. The maximum absolute atomic E-state index is 12.0. The minimum Gasteiger partial charge on any atom is -0.384 e. The fourth-order valence-electron chi connectivity index (χ4n) is 1.44.